The third-order valence-corrected chi connectivity index (χ3v) is 5.87. The molecule has 0 saturated heterocycles. The molecule has 9 heteroatoms. The lowest BCUT2D eigenvalue weighted by Crippen LogP contribution is -2.31. The van der Waals surface area contributed by atoms with Crippen LogP contribution in [0.25, 0.3) is 10.9 Å². The van der Waals surface area contributed by atoms with Crippen LogP contribution in [0.3, 0.4) is 0 Å². The topological polar surface area (TPSA) is 81.6 Å². The first-order chi connectivity index (χ1) is 17.4. The van der Waals surface area contributed by atoms with Gasteiger partial charge in [-0.05, 0) is 43.3 Å². The summed E-state index contributed by atoms with van der Waals surface area (Å²) in [6, 6.07) is 15.7. The van der Waals surface area contributed by atoms with Gasteiger partial charge in [-0.15, -0.1) is 0 Å². The van der Waals surface area contributed by atoms with Gasteiger partial charge < -0.3 is 20.1 Å². The molecular weight excluding hydrogens is 468 g/mol. The van der Waals surface area contributed by atoms with Gasteiger partial charge in [-0.25, -0.2) is 8.78 Å². The summed E-state index contributed by atoms with van der Waals surface area (Å²) in [5.41, 5.74) is 2.13. The van der Waals surface area contributed by atoms with E-state index in [9.17, 15) is 18.4 Å². The monoisotopic (exact) mass is 491 g/mol. The van der Waals surface area contributed by atoms with E-state index in [0.717, 1.165) is 29.4 Å². The molecule has 1 aromatic heterocycles. The number of rotatable bonds is 6. The molecule has 36 heavy (non-hydrogen) atoms. The lowest BCUT2D eigenvalue weighted by Gasteiger charge is -2.21. The number of ether oxygens (including phenoxy) is 2. The number of hydrogen-bond donors (Lipinski definition) is 2. The van der Waals surface area contributed by atoms with E-state index in [1.165, 1.54) is 4.57 Å². The SMILES string of the molecule is Cc1ccc(NCc2cc3cc4c(cc3n(CC(=O)Nc3cc(F)ccc3F)c2=O)OCCO4)cc1. The van der Waals surface area contributed by atoms with Crippen LogP contribution >= 0.6 is 0 Å². The zero-order chi connectivity index (χ0) is 25.2. The minimum absolute atomic E-state index is 0.215. The van der Waals surface area contributed by atoms with Gasteiger partial charge in [-0.2, -0.15) is 0 Å². The summed E-state index contributed by atoms with van der Waals surface area (Å²) >= 11 is 0. The van der Waals surface area contributed by atoms with Crippen LogP contribution in [0.15, 0.2) is 65.5 Å². The molecule has 3 aromatic carbocycles. The van der Waals surface area contributed by atoms with Crippen molar-refractivity contribution in [1.82, 2.24) is 4.57 Å². The van der Waals surface area contributed by atoms with Crippen LogP contribution in [-0.4, -0.2) is 23.7 Å². The van der Waals surface area contributed by atoms with Crippen LogP contribution in [0, 0.1) is 18.6 Å². The second kappa shape index (κ2) is 9.69. The summed E-state index contributed by atoms with van der Waals surface area (Å²) in [6.45, 7) is 2.55. The highest BCUT2D eigenvalue weighted by molar-refractivity contribution is 5.92. The van der Waals surface area contributed by atoms with Crippen LogP contribution in [-0.2, 0) is 17.9 Å². The highest BCUT2D eigenvalue weighted by Gasteiger charge is 2.19. The molecular formula is C27H23F2N3O4. The van der Waals surface area contributed by atoms with Gasteiger partial charge in [0.1, 0.15) is 31.4 Å². The minimum Gasteiger partial charge on any atom is -0.486 e. The van der Waals surface area contributed by atoms with Gasteiger partial charge in [0.25, 0.3) is 5.56 Å². The largest absolute Gasteiger partial charge is 0.486 e. The number of fused-ring (bicyclic) bond motifs is 2. The van der Waals surface area contributed by atoms with Crippen LogP contribution in [0.5, 0.6) is 11.5 Å². The number of nitrogens with one attached hydrogen (secondary N) is 2. The zero-order valence-electron chi connectivity index (χ0n) is 19.4. The van der Waals surface area contributed by atoms with Crippen LogP contribution < -0.4 is 25.7 Å². The lowest BCUT2D eigenvalue weighted by atomic mass is 10.1. The Labute approximate surface area is 205 Å². The van der Waals surface area contributed by atoms with Crippen molar-refractivity contribution in [2.75, 3.05) is 23.8 Å². The number of amides is 1. The number of halogens is 2. The van der Waals surface area contributed by atoms with Crippen molar-refractivity contribution in [2.24, 2.45) is 0 Å². The number of carbonyl (C=O) groups excluding carboxylic acids is 1. The number of pyridine rings is 1. The fourth-order valence-corrected chi connectivity index (χ4v) is 4.05. The van der Waals surface area contributed by atoms with E-state index >= 15 is 0 Å². The molecule has 0 spiro atoms. The van der Waals surface area contributed by atoms with Crippen LogP contribution in [0.1, 0.15) is 11.1 Å². The van der Waals surface area contributed by atoms with Crippen LogP contribution in [0.2, 0.25) is 0 Å². The van der Waals surface area contributed by atoms with Crippen molar-refractivity contribution < 1.29 is 23.0 Å². The fraction of sp³-hybridized carbons (Fsp3) is 0.185. The van der Waals surface area contributed by atoms with E-state index in [1.54, 1.807) is 18.2 Å². The molecule has 1 amide bonds. The Morgan fingerprint density at radius 3 is 2.44 bits per heavy atom. The molecule has 184 valence electrons. The molecule has 0 aliphatic carbocycles. The summed E-state index contributed by atoms with van der Waals surface area (Å²) in [5.74, 6) is -1.15. The van der Waals surface area contributed by atoms with Crippen molar-refractivity contribution in [3.05, 3.63) is 93.8 Å². The molecule has 0 saturated carbocycles. The quantitative estimate of drug-likeness (QED) is 0.412. The predicted molar refractivity (Wildman–Crippen MR) is 133 cm³/mol. The first-order valence-electron chi connectivity index (χ1n) is 11.4. The molecule has 0 bridgehead atoms. The van der Waals surface area contributed by atoms with Crippen molar-refractivity contribution in [1.29, 1.82) is 0 Å². The summed E-state index contributed by atoms with van der Waals surface area (Å²) in [4.78, 5) is 26.3. The summed E-state index contributed by atoms with van der Waals surface area (Å²) in [6.07, 6.45) is 0. The van der Waals surface area contributed by atoms with Crippen molar-refractivity contribution >= 4 is 28.2 Å². The Morgan fingerprint density at radius 2 is 1.69 bits per heavy atom. The Kier molecular flexibility index (Phi) is 6.28. The van der Waals surface area contributed by atoms with Gasteiger partial charge in [0, 0.05) is 35.3 Å². The second-order valence-electron chi connectivity index (χ2n) is 8.51. The second-order valence-corrected chi connectivity index (χ2v) is 8.51. The summed E-state index contributed by atoms with van der Waals surface area (Å²) in [7, 11) is 0. The van der Waals surface area contributed by atoms with E-state index in [1.807, 2.05) is 31.2 Å². The van der Waals surface area contributed by atoms with Gasteiger partial charge in [0.2, 0.25) is 5.91 Å². The van der Waals surface area contributed by atoms with Gasteiger partial charge in [-0.1, -0.05) is 17.7 Å². The zero-order valence-corrected chi connectivity index (χ0v) is 19.4. The average molecular weight is 491 g/mol. The number of aromatic nitrogens is 1. The van der Waals surface area contributed by atoms with Crippen molar-refractivity contribution in [3.8, 4) is 11.5 Å². The molecule has 0 radical (unpaired) electrons. The van der Waals surface area contributed by atoms with Crippen molar-refractivity contribution in [2.45, 2.75) is 20.0 Å². The lowest BCUT2D eigenvalue weighted by molar-refractivity contribution is -0.116. The normalized spacial score (nSPS) is 12.4. The van der Waals surface area contributed by atoms with E-state index in [2.05, 4.69) is 10.6 Å². The highest BCUT2D eigenvalue weighted by Crippen LogP contribution is 2.34. The molecule has 1 aliphatic heterocycles. The minimum atomic E-state index is -0.780. The number of anilines is 2. The van der Waals surface area contributed by atoms with E-state index in [0.29, 0.717) is 41.2 Å². The maximum atomic E-state index is 14.1. The number of aryl methyl sites for hydroxylation is 1. The molecule has 0 atom stereocenters. The average Bonchev–Trinajstić information content (AvgIpc) is 2.87. The summed E-state index contributed by atoms with van der Waals surface area (Å²) < 4.78 is 40.2. The van der Waals surface area contributed by atoms with Gasteiger partial charge >= 0.3 is 0 Å². The predicted octanol–water partition coefficient (Wildman–Crippen LogP) is 4.61. The molecule has 7 nitrogen and oxygen atoms in total. The smallest absolute Gasteiger partial charge is 0.256 e. The Bertz CT molecular complexity index is 1520. The number of benzene rings is 3. The Balaban J connectivity index is 1.51. The molecule has 2 heterocycles. The third-order valence-electron chi connectivity index (χ3n) is 5.87. The van der Waals surface area contributed by atoms with Crippen LogP contribution in [0.4, 0.5) is 20.2 Å². The maximum Gasteiger partial charge on any atom is 0.256 e. The highest BCUT2D eigenvalue weighted by atomic mass is 19.1. The first-order valence-corrected chi connectivity index (χ1v) is 11.4. The van der Waals surface area contributed by atoms with Gasteiger partial charge in [0.15, 0.2) is 11.5 Å². The molecule has 4 aromatic rings. The molecule has 0 fully saturated rings. The van der Waals surface area contributed by atoms with E-state index < -0.39 is 29.6 Å². The molecule has 5 rings (SSSR count). The third kappa shape index (κ3) is 4.86. The molecule has 0 unspecified atom stereocenters. The number of hydrogen-bond acceptors (Lipinski definition) is 5. The van der Waals surface area contributed by atoms with Gasteiger partial charge in [-0.3, -0.25) is 14.2 Å². The summed E-state index contributed by atoms with van der Waals surface area (Å²) in [5, 5.41) is 6.25. The van der Waals surface area contributed by atoms with Crippen molar-refractivity contribution in [3.63, 3.8) is 0 Å². The molecule has 2 N–H and O–H groups in total. The van der Waals surface area contributed by atoms with E-state index in [4.69, 9.17) is 9.47 Å². The molecule has 1 aliphatic rings. The first kappa shape index (κ1) is 23.3. The standard InChI is InChI=1S/C27H23F2N3O4/c1-16-2-5-20(6-3-16)30-14-18-10-17-11-24-25(36-9-8-35-24)13-23(17)32(27(18)34)15-26(33)31-22-12-19(28)4-7-21(22)29/h2-7,10-13,30H,8-9,14-15H2,1H3,(H,31,33). The fourth-order valence-electron chi connectivity index (χ4n) is 4.05. The Hall–Kier alpha value is -4.40. The van der Waals surface area contributed by atoms with E-state index in [-0.39, 0.29) is 12.2 Å². The van der Waals surface area contributed by atoms with Gasteiger partial charge in [0.05, 0.1) is 11.2 Å². The number of nitrogens with zero attached hydrogens (tertiary/aromatic N) is 1. The maximum absolute atomic E-state index is 14.1. The Morgan fingerprint density at radius 1 is 0.972 bits per heavy atom. The number of carbonyl (C=O) groups is 1.